The number of carbonyl (C=O) groups is 1. The number of benzene rings is 1. The van der Waals surface area contributed by atoms with Gasteiger partial charge in [0.15, 0.2) is 9.84 Å². The Morgan fingerprint density at radius 2 is 1.93 bits per heavy atom. The summed E-state index contributed by atoms with van der Waals surface area (Å²) < 4.78 is 25.2. The highest BCUT2D eigenvalue weighted by Gasteiger charge is 2.23. The zero-order valence-electron chi connectivity index (χ0n) is 16.0. The maximum Gasteiger partial charge on any atom is 0.407 e. The number of nitrogens with zero attached hydrogens (tertiary/aromatic N) is 4. The number of hydrogen-bond donors (Lipinski definition) is 1. The van der Waals surface area contributed by atoms with Crippen LogP contribution >= 0.6 is 0 Å². The first-order valence-corrected chi connectivity index (χ1v) is 11.3. The van der Waals surface area contributed by atoms with Gasteiger partial charge in [0.1, 0.15) is 0 Å². The molecule has 152 valence electrons. The van der Waals surface area contributed by atoms with E-state index in [0.717, 1.165) is 35.0 Å². The summed E-state index contributed by atoms with van der Waals surface area (Å²) in [6, 6.07) is 9.02. The van der Waals surface area contributed by atoms with E-state index in [1.165, 1.54) is 11.2 Å². The molecular formula is C20H22N4O4S. The fourth-order valence-electron chi connectivity index (χ4n) is 3.75. The summed E-state index contributed by atoms with van der Waals surface area (Å²) in [7, 11) is -3.25. The van der Waals surface area contributed by atoms with Crippen LogP contribution in [0.3, 0.4) is 0 Å². The van der Waals surface area contributed by atoms with Crippen LogP contribution in [0, 0.1) is 0 Å². The molecule has 9 heteroatoms. The Balaban J connectivity index is 1.47. The van der Waals surface area contributed by atoms with Crippen molar-refractivity contribution in [3.05, 3.63) is 54.0 Å². The molecule has 1 fully saturated rings. The molecule has 0 saturated carbocycles. The number of piperidine rings is 1. The van der Waals surface area contributed by atoms with Crippen LogP contribution < -0.4 is 0 Å². The number of aromatic nitrogens is 3. The van der Waals surface area contributed by atoms with Crippen molar-refractivity contribution in [1.29, 1.82) is 0 Å². The molecule has 0 bridgehead atoms. The highest BCUT2D eigenvalue weighted by atomic mass is 32.2. The largest absolute Gasteiger partial charge is 0.465 e. The maximum absolute atomic E-state index is 11.7. The number of rotatable bonds is 4. The topological polar surface area (TPSA) is 105 Å². The first-order valence-electron chi connectivity index (χ1n) is 9.39. The van der Waals surface area contributed by atoms with E-state index >= 15 is 0 Å². The van der Waals surface area contributed by atoms with Crippen molar-refractivity contribution >= 4 is 26.8 Å². The van der Waals surface area contributed by atoms with Crippen LogP contribution in [0.2, 0.25) is 0 Å². The van der Waals surface area contributed by atoms with Crippen LogP contribution in [0.25, 0.3) is 10.9 Å². The van der Waals surface area contributed by atoms with E-state index in [0.29, 0.717) is 25.6 Å². The first kappa shape index (κ1) is 19.4. The minimum Gasteiger partial charge on any atom is -0.465 e. The van der Waals surface area contributed by atoms with Crippen LogP contribution in [0.1, 0.15) is 30.0 Å². The number of hydrogen-bond acceptors (Lipinski definition) is 5. The van der Waals surface area contributed by atoms with E-state index in [1.807, 2.05) is 12.3 Å². The number of sulfone groups is 1. The number of fused-ring (bicyclic) bond motifs is 1. The van der Waals surface area contributed by atoms with Crippen molar-refractivity contribution in [1.82, 2.24) is 19.7 Å². The number of amides is 1. The smallest absolute Gasteiger partial charge is 0.407 e. The number of carboxylic acid groups (broad SMARTS) is 1. The van der Waals surface area contributed by atoms with Gasteiger partial charge in [0, 0.05) is 30.9 Å². The average molecular weight is 414 g/mol. The quantitative estimate of drug-likeness (QED) is 0.704. The fourth-order valence-corrected chi connectivity index (χ4v) is 4.41. The van der Waals surface area contributed by atoms with E-state index in [-0.39, 0.29) is 4.90 Å². The minimum absolute atomic E-state index is 0.279. The van der Waals surface area contributed by atoms with Crippen LogP contribution in [0.5, 0.6) is 0 Å². The van der Waals surface area contributed by atoms with E-state index in [4.69, 9.17) is 5.11 Å². The Morgan fingerprint density at radius 1 is 1.17 bits per heavy atom. The van der Waals surface area contributed by atoms with Gasteiger partial charge in [-0.2, -0.15) is 5.10 Å². The third-order valence-electron chi connectivity index (χ3n) is 5.44. The Labute approximate surface area is 168 Å². The summed E-state index contributed by atoms with van der Waals surface area (Å²) in [6.07, 6.45) is 5.47. The molecule has 1 saturated heterocycles. The Hall–Kier alpha value is -2.94. The minimum atomic E-state index is -3.25. The molecule has 1 aliphatic rings. The first-order chi connectivity index (χ1) is 13.8. The molecule has 0 atom stereocenters. The second-order valence-electron chi connectivity index (χ2n) is 7.42. The van der Waals surface area contributed by atoms with Gasteiger partial charge >= 0.3 is 6.09 Å². The average Bonchev–Trinajstić information content (AvgIpc) is 3.10. The van der Waals surface area contributed by atoms with E-state index in [2.05, 4.69) is 16.1 Å². The Bertz CT molecular complexity index is 1150. The fraction of sp³-hybridized carbons (Fsp3) is 0.350. The molecule has 3 heterocycles. The molecule has 0 spiro atoms. The highest BCUT2D eigenvalue weighted by molar-refractivity contribution is 7.90. The van der Waals surface area contributed by atoms with Crippen molar-refractivity contribution in [2.24, 2.45) is 0 Å². The molecule has 1 aromatic carbocycles. The van der Waals surface area contributed by atoms with Gasteiger partial charge in [0.05, 0.1) is 28.8 Å². The van der Waals surface area contributed by atoms with Gasteiger partial charge in [0.25, 0.3) is 0 Å². The van der Waals surface area contributed by atoms with Crippen LogP contribution in [0.4, 0.5) is 4.79 Å². The van der Waals surface area contributed by atoms with Crippen LogP contribution in [0.15, 0.2) is 47.6 Å². The lowest BCUT2D eigenvalue weighted by atomic mass is 9.90. The lowest BCUT2D eigenvalue weighted by Gasteiger charge is -2.30. The van der Waals surface area contributed by atoms with Crippen molar-refractivity contribution in [3.8, 4) is 0 Å². The molecule has 3 aromatic rings. The van der Waals surface area contributed by atoms with Gasteiger partial charge in [-0.25, -0.2) is 13.2 Å². The summed E-state index contributed by atoms with van der Waals surface area (Å²) in [5.41, 5.74) is 2.83. The molecule has 0 radical (unpaired) electrons. The van der Waals surface area contributed by atoms with Gasteiger partial charge in [-0.3, -0.25) is 9.67 Å². The maximum atomic E-state index is 11.7. The zero-order chi connectivity index (χ0) is 20.6. The Morgan fingerprint density at radius 3 is 2.55 bits per heavy atom. The van der Waals surface area contributed by atoms with Gasteiger partial charge in [0.2, 0.25) is 0 Å². The SMILES string of the molecule is CS(=O)(=O)c1ccc2c(cnn2Cc2ccc(C3CCN(C(=O)O)CC3)cn2)c1. The van der Waals surface area contributed by atoms with Crippen molar-refractivity contribution < 1.29 is 18.3 Å². The molecule has 1 N–H and O–H groups in total. The standard InChI is InChI=1S/C20H22N4O4S/c1-29(27,28)18-4-5-19-16(10-18)12-22-24(19)13-17-3-2-15(11-21-17)14-6-8-23(9-7-14)20(25)26/h2-5,10-12,14H,6-9,13H2,1H3,(H,25,26). The van der Waals surface area contributed by atoms with Crippen LogP contribution in [-0.4, -0.2) is 58.6 Å². The summed E-state index contributed by atoms with van der Waals surface area (Å²) in [5.74, 6) is 0.326. The highest BCUT2D eigenvalue weighted by Crippen LogP contribution is 2.28. The van der Waals surface area contributed by atoms with Crippen molar-refractivity contribution in [3.63, 3.8) is 0 Å². The second kappa shape index (κ2) is 7.47. The summed E-state index contributed by atoms with van der Waals surface area (Å²) in [6.45, 7) is 1.59. The third-order valence-corrected chi connectivity index (χ3v) is 6.55. The predicted octanol–water partition coefficient (Wildman–Crippen LogP) is 2.74. The molecule has 0 aliphatic carbocycles. The van der Waals surface area contributed by atoms with E-state index in [9.17, 15) is 13.2 Å². The number of pyridine rings is 1. The van der Waals surface area contributed by atoms with Gasteiger partial charge in [-0.05, 0) is 48.6 Å². The van der Waals surface area contributed by atoms with Crippen LogP contribution in [-0.2, 0) is 16.4 Å². The van der Waals surface area contributed by atoms with E-state index in [1.54, 1.807) is 29.1 Å². The third kappa shape index (κ3) is 4.09. The van der Waals surface area contributed by atoms with Gasteiger partial charge in [-0.15, -0.1) is 0 Å². The monoisotopic (exact) mass is 414 g/mol. The molecule has 0 unspecified atom stereocenters. The summed E-state index contributed by atoms with van der Waals surface area (Å²) >= 11 is 0. The summed E-state index contributed by atoms with van der Waals surface area (Å²) in [4.78, 5) is 17.3. The molecule has 2 aromatic heterocycles. The molecule has 4 rings (SSSR count). The van der Waals surface area contributed by atoms with Crippen molar-refractivity contribution in [2.75, 3.05) is 19.3 Å². The molecule has 1 amide bonds. The van der Waals surface area contributed by atoms with Crippen molar-refractivity contribution in [2.45, 2.75) is 30.2 Å². The predicted molar refractivity (Wildman–Crippen MR) is 108 cm³/mol. The summed E-state index contributed by atoms with van der Waals surface area (Å²) in [5, 5.41) is 14.2. The lowest BCUT2D eigenvalue weighted by molar-refractivity contribution is 0.132. The zero-order valence-corrected chi connectivity index (χ0v) is 16.8. The van der Waals surface area contributed by atoms with E-state index < -0.39 is 15.9 Å². The lowest BCUT2D eigenvalue weighted by Crippen LogP contribution is -2.36. The molecule has 1 aliphatic heterocycles. The van der Waals surface area contributed by atoms with Gasteiger partial charge < -0.3 is 10.0 Å². The molecule has 8 nitrogen and oxygen atoms in total. The molecule has 29 heavy (non-hydrogen) atoms. The Kier molecular flexibility index (Phi) is 4.99. The molecular weight excluding hydrogens is 392 g/mol. The number of likely N-dealkylation sites (tertiary alicyclic amines) is 1. The van der Waals surface area contributed by atoms with Gasteiger partial charge in [-0.1, -0.05) is 6.07 Å². The normalized spacial score (nSPS) is 15.7. The second-order valence-corrected chi connectivity index (χ2v) is 9.44.